The van der Waals surface area contributed by atoms with Gasteiger partial charge in [-0.1, -0.05) is 103 Å². The minimum absolute atomic E-state index is 0.938. The molecule has 3 aromatic heterocycles. The fourth-order valence-electron chi connectivity index (χ4n) is 5.91. The first kappa shape index (κ1) is 21.0. The lowest BCUT2D eigenvalue weighted by Gasteiger charge is -2.14. The Labute approximate surface area is 219 Å². The van der Waals surface area contributed by atoms with Crippen LogP contribution in [0.2, 0.25) is 0 Å². The number of hydrogen-bond donors (Lipinski definition) is 0. The molecule has 0 spiro atoms. The van der Waals surface area contributed by atoms with Gasteiger partial charge in [-0.15, -0.1) is 0 Å². The van der Waals surface area contributed by atoms with Crippen molar-refractivity contribution < 1.29 is 0 Å². The molecule has 0 aliphatic carbocycles. The highest BCUT2D eigenvalue weighted by Gasteiger charge is 2.19. The van der Waals surface area contributed by atoms with Crippen molar-refractivity contribution in [2.45, 2.75) is 0 Å². The van der Waals surface area contributed by atoms with Gasteiger partial charge in [0.05, 0.1) is 16.6 Å². The molecule has 178 valence electrons. The topological polar surface area (TPSA) is 22.8 Å². The Hall–Kier alpha value is -5.15. The number of aromatic nitrogens is 3. The number of benzene rings is 5. The molecule has 3 heteroatoms. The van der Waals surface area contributed by atoms with Gasteiger partial charge in [0.15, 0.2) is 0 Å². The zero-order valence-electron chi connectivity index (χ0n) is 20.6. The second kappa shape index (κ2) is 8.19. The van der Waals surface area contributed by atoms with Gasteiger partial charge in [-0.25, -0.2) is 4.98 Å². The molecule has 0 bridgehead atoms. The second-order valence-corrected chi connectivity index (χ2v) is 9.68. The van der Waals surface area contributed by atoms with Gasteiger partial charge >= 0.3 is 0 Å². The summed E-state index contributed by atoms with van der Waals surface area (Å²) in [6.07, 6.45) is 4.18. The summed E-state index contributed by atoms with van der Waals surface area (Å²) < 4.78 is 4.66. The van der Waals surface area contributed by atoms with Crippen LogP contribution in [0.3, 0.4) is 0 Å². The van der Waals surface area contributed by atoms with Crippen LogP contribution in [0.5, 0.6) is 0 Å². The first-order valence-electron chi connectivity index (χ1n) is 12.9. The molecule has 0 saturated carbocycles. The van der Waals surface area contributed by atoms with Crippen molar-refractivity contribution in [2.75, 3.05) is 0 Å². The Balaban J connectivity index is 1.50. The molecule has 0 aliphatic rings. The molecule has 8 rings (SSSR count). The Morgan fingerprint density at radius 2 is 1.18 bits per heavy atom. The van der Waals surface area contributed by atoms with Gasteiger partial charge in [0.25, 0.3) is 0 Å². The van der Waals surface area contributed by atoms with Gasteiger partial charge in [0.2, 0.25) is 0 Å². The van der Waals surface area contributed by atoms with Crippen molar-refractivity contribution in [3.05, 3.63) is 140 Å². The van der Waals surface area contributed by atoms with Crippen molar-refractivity contribution in [3.8, 4) is 22.6 Å². The molecule has 0 atom stereocenters. The van der Waals surface area contributed by atoms with Gasteiger partial charge in [0.1, 0.15) is 5.82 Å². The Morgan fingerprint density at radius 3 is 2.00 bits per heavy atom. The lowest BCUT2D eigenvalue weighted by molar-refractivity contribution is 1.06. The third-order valence-corrected chi connectivity index (χ3v) is 7.59. The average molecular weight is 486 g/mol. The highest BCUT2D eigenvalue weighted by molar-refractivity contribution is 6.18. The highest BCUT2D eigenvalue weighted by Crippen LogP contribution is 2.39. The van der Waals surface area contributed by atoms with E-state index in [4.69, 9.17) is 4.98 Å². The molecule has 0 radical (unpaired) electrons. The standard InChI is InChI=1S/C35H23N3/c1-3-11-24(12-4-1)31-23-36-35(30-17-8-7-15-27(30)31)37-22-21-25-19-20-29-28-16-9-10-18-32(28)38(34(29)33(25)37)26-13-5-2-6-14-26/h1-23H. The van der Waals surface area contributed by atoms with Gasteiger partial charge < -0.3 is 4.57 Å². The van der Waals surface area contributed by atoms with E-state index >= 15 is 0 Å². The van der Waals surface area contributed by atoms with Crippen molar-refractivity contribution in [1.29, 1.82) is 0 Å². The minimum atomic E-state index is 0.938. The van der Waals surface area contributed by atoms with Gasteiger partial charge in [-0.2, -0.15) is 0 Å². The number of nitrogens with zero attached hydrogens (tertiary/aromatic N) is 3. The predicted octanol–water partition coefficient (Wildman–Crippen LogP) is 8.94. The molecule has 5 aromatic carbocycles. The van der Waals surface area contributed by atoms with Crippen molar-refractivity contribution >= 4 is 43.5 Å². The number of para-hydroxylation sites is 2. The van der Waals surface area contributed by atoms with Gasteiger partial charge in [-0.05, 0) is 35.2 Å². The molecule has 0 N–H and O–H groups in total. The van der Waals surface area contributed by atoms with Crippen LogP contribution in [0.15, 0.2) is 140 Å². The average Bonchev–Trinajstić information content (AvgIpc) is 3.57. The number of hydrogen-bond acceptors (Lipinski definition) is 1. The Morgan fingerprint density at radius 1 is 0.500 bits per heavy atom. The SMILES string of the molecule is c1ccc(-c2cnc(-n3ccc4ccc5c6ccccc6n(-c6ccccc6)c5c43)c3ccccc23)cc1. The van der Waals surface area contributed by atoms with E-state index in [1.165, 1.54) is 38.1 Å². The molecule has 38 heavy (non-hydrogen) atoms. The summed E-state index contributed by atoms with van der Waals surface area (Å²) >= 11 is 0. The third kappa shape index (κ3) is 2.99. The molecule has 8 aromatic rings. The van der Waals surface area contributed by atoms with Gasteiger partial charge in [-0.3, -0.25) is 4.57 Å². The van der Waals surface area contributed by atoms with Crippen LogP contribution >= 0.6 is 0 Å². The van der Waals surface area contributed by atoms with Crippen LogP contribution in [0.25, 0.3) is 66.1 Å². The fraction of sp³-hybridized carbons (Fsp3) is 0. The van der Waals surface area contributed by atoms with E-state index in [2.05, 4.69) is 143 Å². The first-order chi connectivity index (χ1) is 18.9. The molecule has 0 unspecified atom stereocenters. The molecule has 0 aliphatic heterocycles. The molecule has 3 heterocycles. The smallest absolute Gasteiger partial charge is 0.145 e. The van der Waals surface area contributed by atoms with E-state index in [-0.39, 0.29) is 0 Å². The normalized spacial score (nSPS) is 11.7. The van der Waals surface area contributed by atoms with Crippen LogP contribution in [0.1, 0.15) is 0 Å². The summed E-state index contributed by atoms with van der Waals surface area (Å²) in [6.45, 7) is 0. The summed E-state index contributed by atoms with van der Waals surface area (Å²) in [7, 11) is 0. The Bertz CT molecular complexity index is 2120. The van der Waals surface area contributed by atoms with Crippen molar-refractivity contribution in [1.82, 2.24) is 14.1 Å². The zero-order valence-corrected chi connectivity index (χ0v) is 20.6. The van der Waals surface area contributed by atoms with Crippen LogP contribution in [0.4, 0.5) is 0 Å². The fourth-order valence-corrected chi connectivity index (χ4v) is 5.91. The van der Waals surface area contributed by atoms with Crippen molar-refractivity contribution in [3.63, 3.8) is 0 Å². The first-order valence-corrected chi connectivity index (χ1v) is 12.9. The van der Waals surface area contributed by atoms with E-state index in [1.54, 1.807) is 0 Å². The number of pyridine rings is 1. The molecule has 0 saturated heterocycles. The summed E-state index contributed by atoms with van der Waals surface area (Å²) in [4.78, 5) is 5.09. The largest absolute Gasteiger partial charge is 0.307 e. The summed E-state index contributed by atoms with van der Waals surface area (Å²) in [6, 6.07) is 45.1. The number of fused-ring (bicyclic) bond motifs is 6. The minimum Gasteiger partial charge on any atom is -0.307 e. The predicted molar refractivity (Wildman–Crippen MR) is 158 cm³/mol. The molecule has 3 nitrogen and oxygen atoms in total. The summed E-state index contributed by atoms with van der Waals surface area (Å²) in [5.41, 5.74) is 7.02. The summed E-state index contributed by atoms with van der Waals surface area (Å²) in [5.74, 6) is 0.938. The van der Waals surface area contributed by atoms with Crippen LogP contribution in [-0.2, 0) is 0 Å². The number of rotatable bonds is 3. The van der Waals surface area contributed by atoms with Crippen LogP contribution in [-0.4, -0.2) is 14.1 Å². The third-order valence-electron chi connectivity index (χ3n) is 7.59. The van der Waals surface area contributed by atoms with Crippen molar-refractivity contribution in [2.24, 2.45) is 0 Å². The van der Waals surface area contributed by atoms with E-state index in [9.17, 15) is 0 Å². The molecular formula is C35H23N3. The van der Waals surface area contributed by atoms with Crippen LogP contribution in [0, 0.1) is 0 Å². The highest BCUT2D eigenvalue weighted by atomic mass is 15.1. The maximum Gasteiger partial charge on any atom is 0.145 e. The quantitative estimate of drug-likeness (QED) is 0.245. The van der Waals surface area contributed by atoms with Crippen LogP contribution < -0.4 is 0 Å². The van der Waals surface area contributed by atoms with Gasteiger partial charge in [0, 0.05) is 45.2 Å². The lowest BCUT2D eigenvalue weighted by Crippen LogP contribution is -2.01. The second-order valence-electron chi connectivity index (χ2n) is 9.68. The monoisotopic (exact) mass is 485 g/mol. The van der Waals surface area contributed by atoms with E-state index in [1.807, 2.05) is 6.20 Å². The van der Waals surface area contributed by atoms with E-state index in [0.717, 1.165) is 28.0 Å². The molecule has 0 fully saturated rings. The van der Waals surface area contributed by atoms with E-state index in [0.29, 0.717) is 0 Å². The maximum atomic E-state index is 5.09. The zero-order chi connectivity index (χ0) is 25.1. The molecular weight excluding hydrogens is 462 g/mol. The maximum absolute atomic E-state index is 5.09. The van der Waals surface area contributed by atoms with E-state index < -0.39 is 0 Å². The molecule has 0 amide bonds. The lowest BCUT2D eigenvalue weighted by atomic mass is 10.0. The Kier molecular flexibility index (Phi) is 4.52. The summed E-state index contributed by atoms with van der Waals surface area (Å²) in [5, 5.41) is 6.00.